The number of hydrogen-bond donors (Lipinski definition) is 1. The summed E-state index contributed by atoms with van der Waals surface area (Å²) < 4.78 is 44.9. The van der Waals surface area contributed by atoms with Crippen LogP contribution in [0.2, 0.25) is 0 Å². The molecule has 8 nitrogen and oxygen atoms in total. The molecule has 0 aliphatic rings. The fourth-order valence-electron chi connectivity index (χ4n) is 3.11. The monoisotopic (exact) mass is 461 g/mol. The van der Waals surface area contributed by atoms with E-state index in [-0.39, 0.29) is 17.4 Å². The summed E-state index contributed by atoms with van der Waals surface area (Å²) in [5, 5.41) is 6.78. The van der Waals surface area contributed by atoms with Gasteiger partial charge in [-0.3, -0.25) is 4.79 Å². The Kier molecular flexibility index (Phi) is 8.56. The van der Waals surface area contributed by atoms with Crippen LogP contribution in [0.3, 0.4) is 0 Å². The largest absolute Gasteiger partial charge is 0.497 e. The van der Waals surface area contributed by atoms with Crippen molar-refractivity contribution in [2.45, 2.75) is 32.3 Å². The second kappa shape index (κ2) is 11.8. The van der Waals surface area contributed by atoms with E-state index in [1.54, 1.807) is 19.2 Å². The van der Waals surface area contributed by atoms with Crippen LogP contribution >= 0.6 is 0 Å². The summed E-state index contributed by atoms with van der Waals surface area (Å²) in [5.41, 5.74) is 1.55. The lowest BCUT2D eigenvalue weighted by atomic mass is 10.1. The molecule has 0 saturated heterocycles. The molecule has 1 amide bonds. The number of nitrogens with one attached hydrogen (secondary N) is 1. The Morgan fingerprint density at radius 3 is 2.55 bits per heavy atom. The van der Waals surface area contributed by atoms with Crippen molar-refractivity contribution in [2.24, 2.45) is 0 Å². The van der Waals surface area contributed by atoms with Crippen molar-refractivity contribution in [2.75, 3.05) is 20.8 Å². The van der Waals surface area contributed by atoms with E-state index in [1.165, 1.54) is 13.2 Å². The van der Waals surface area contributed by atoms with Crippen molar-refractivity contribution in [1.82, 2.24) is 15.5 Å². The predicted molar refractivity (Wildman–Crippen MR) is 116 cm³/mol. The van der Waals surface area contributed by atoms with Gasteiger partial charge < -0.3 is 24.1 Å². The molecule has 0 radical (unpaired) electrons. The van der Waals surface area contributed by atoms with Crippen molar-refractivity contribution in [1.29, 1.82) is 0 Å². The third kappa shape index (κ3) is 7.16. The standard InChI is InChI=1S/C23H25F2N3O5/c1-30-17-9-7-16(8-10-17)22-27-21(33-28-22)5-3-4-20(29)26-13-12-15-6-11-18(31-2)19(14-15)32-23(24)25/h6-11,14,23H,3-5,12-13H2,1-2H3,(H,26,29). The van der Waals surface area contributed by atoms with Crippen LogP contribution < -0.4 is 19.5 Å². The molecule has 1 heterocycles. The molecule has 3 aromatic rings. The van der Waals surface area contributed by atoms with E-state index >= 15 is 0 Å². The number of methoxy groups -OCH3 is 2. The maximum absolute atomic E-state index is 12.5. The van der Waals surface area contributed by atoms with Gasteiger partial charge in [-0.2, -0.15) is 13.8 Å². The molecule has 0 spiro atoms. The summed E-state index contributed by atoms with van der Waals surface area (Å²) >= 11 is 0. The summed E-state index contributed by atoms with van der Waals surface area (Å²) in [6.07, 6.45) is 1.78. The summed E-state index contributed by atoms with van der Waals surface area (Å²) in [4.78, 5) is 16.4. The average molecular weight is 461 g/mol. The van der Waals surface area contributed by atoms with Gasteiger partial charge in [-0.1, -0.05) is 11.2 Å². The number of aromatic nitrogens is 2. The smallest absolute Gasteiger partial charge is 0.387 e. The first-order valence-electron chi connectivity index (χ1n) is 10.3. The highest BCUT2D eigenvalue weighted by Crippen LogP contribution is 2.29. The highest BCUT2D eigenvalue weighted by molar-refractivity contribution is 5.75. The van der Waals surface area contributed by atoms with Crippen LogP contribution in [0.25, 0.3) is 11.4 Å². The van der Waals surface area contributed by atoms with E-state index < -0.39 is 6.61 Å². The molecule has 1 N–H and O–H groups in total. The van der Waals surface area contributed by atoms with Gasteiger partial charge >= 0.3 is 6.61 Å². The fraction of sp³-hybridized carbons (Fsp3) is 0.348. The Morgan fingerprint density at radius 2 is 1.85 bits per heavy atom. The minimum absolute atomic E-state index is 0.0371. The zero-order chi connectivity index (χ0) is 23.6. The maximum Gasteiger partial charge on any atom is 0.387 e. The molecule has 33 heavy (non-hydrogen) atoms. The molecular weight excluding hydrogens is 436 g/mol. The van der Waals surface area contributed by atoms with Crippen molar-refractivity contribution in [3.05, 3.63) is 53.9 Å². The predicted octanol–water partition coefficient (Wildman–Crippen LogP) is 4.04. The van der Waals surface area contributed by atoms with Crippen molar-refractivity contribution >= 4 is 5.91 Å². The lowest BCUT2D eigenvalue weighted by Crippen LogP contribution is -2.25. The summed E-state index contributed by atoms with van der Waals surface area (Å²) in [6, 6.07) is 12.1. The van der Waals surface area contributed by atoms with E-state index in [9.17, 15) is 13.6 Å². The van der Waals surface area contributed by atoms with Crippen LogP contribution in [0, 0.1) is 0 Å². The van der Waals surface area contributed by atoms with Gasteiger partial charge in [-0.05, 0) is 54.8 Å². The molecule has 0 saturated carbocycles. The molecule has 0 unspecified atom stereocenters. The zero-order valence-electron chi connectivity index (χ0n) is 18.3. The quantitative estimate of drug-likeness (QED) is 0.435. The van der Waals surface area contributed by atoms with Gasteiger partial charge in [0.15, 0.2) is 11.5 Å². The first-order valence-corrected chi connectivity index (χ1v) is 10.3. The minimum Gasteiger partial charge on any atom is -0.497 e. The van der Waals surface area contributed by atoms with Gasteiger partial charge in [0.1, 0.15) is 5.75 Å². The molecule has 0 aliphatic carbocycles. The number of nitrogens with zero attached hydrogens (tertiary/aromatic N) is 2. The Morgan fingerprint density at radius 1 is 1.06 bits per heavy atom. The second-order valence-electron chi connectivity index (χ2n) is 7.06. The van der Waals surface area contributed by atoms with E-state index in [1.807, 2.05) is 24.3 Å². The summed E-state index contributed by atoms with van der Waals surface area (Å²) in [7, 11) is 2.97. The summed E-state index contributed by atoms with van der Waals surface area (Å²) in [6.45, 7) is -2.58. The highest BCUT2D eigenvalue weighted by atomic mass is 19.3. The maximum atomic E-state index is 12.5. The van der Waals surface area contributed by atoms with Gasteiger partial charge in [0.05, 0.1) is 14.2 Å². The number of hydrogen-bond acceptors (Lipinski definition) is 7. The van der Waals surface area contributed by atoms with Crippen LogP contribution in [0.4, 0.5) is 8.78 Å². The van der Waals surface area contributed by atoms with Gasteiger partial charge in [0, 0.05) is 24.9 Å². The number of carbonyl (C=O) groups excluding carboxylic acids is 1. The number of alkyl halides is 2. The number of ether oxygens (including phenoxy) is 3. The van der Waals surface area contributed by atoms with Gasteiger partial charge in [-0.25, -0.2) is 0 Å². The Bertz CT molecular complexity index is 1040. The van der Waals surface area contributed by atoms with Crippen molar-refractivity contribution < 1.29 is 32.3 Å². The number of amides is 1. The molecule has 0 atom stereocenters. The molecule has 3 rings (SSSR count). The zero-order valence-corrected chi connectivity index (χ0v) is 18.3. The fourth-order valence-corrected chi connectivity index (χ4v) is 3.11. The first kappa shape index (κ1) is 24.0. The lowest BCUT2D eigenvalue weighted by molar-refractivity contribution is -0.121. The van der Waals surface area contributed by atoms with E-state index in [4.69, 9.17) is 14.0 Å². The normalized spacial score (nSPS) is 10.8. The minimum atomic E-state index is -2.94. The molecule has 0 fully saturated rings. The molecule has 10 heteroatoms. The third-order valence-corrected chi connectivity index (χ3v) is 4.79. The van der Waals surface area contributed by atoms with Crippen LogP contribution in [0.15, 0.2) is 47.0 Å². The van der Waals surface area contributed by atoms with Gasteiger partial charge in [0.2, 0.25) is 17.6 Å². The summed E-state index contributed by atoms with van der Waals surface area (Å²) in [5.74, 6) is 1.74. The first-order chi connectivity index (χ1) is 16.0. The van der Waals surface area contributed by atoms with E-state index in [0.717, 1.165) is 16.9 Å². The molecule has 2 aromatic carbocycles. The molecule has 1 aromatic heterocycles. The SMILES string of the molecule is COc1ccc(-c2noc(CCCC(=O)NCCc3ccc(OC)c(OC(F)F)c3)n2)cc1. The molecule has 0 aliphatic heterocycles. The molecule has 0 bridgehead atoms. The second-order valence-corrected chi connectivity index (χ2v) is 7.06. The van der Waals surface area contributed by atoms with Crippen molar-refractivity contribution in [3.63, 3.8) is 0 Å². The number of carbonyl (C=O) groups is 1. The highest BCUT2D eigenvalue weighted by Gasteiger charge is 2.12. The third-order valence-electron chi connectivity index (χ3n) is 4.79. The van der Waals surface area contributed by atoms with Crippen LogP contribution in [0.1, 0.15) is 24.3 Å². The Hall–Kier alpha value is -3.69. The van der Waals surface area contributed by atoms with E-state index in [2.05, 4.69) is 20.2 Å². The van der Waals surface area contributed by atoms with Crippen LogP contribution in [-0.4, -0.2) is 43.4 Å². The van der Waals surface area contributed by atoms with E-state index in [0.29, 0.717) is 43.9 Å². The topological polar surface area (TPSA) is 95.7 Å². The van der Waals surface area contributed by atoms with Gasteiger partial charge in [0.25, 0.3) is 0 Å². The van der Waals surface area contributed by atoms with Gasteiger partial charge in [-0.15, -0.1) is 0 Å². The number of benzene rings is 2. The molecular formula is C23H25F2N3O5. The Labute approximate surface area is 189 Å². The lowest BCUT2D eigenvalue weighted by Gasteiger charge is -2.12. The van der Waals surface area contributed by atoms with Crippen molar-refractivity contribution in [3.8, 4) is 28.6 Å². The Balaban J connectivity index is 1.40. The number of rotatable bonds is 12. The van der Waals surface area contributed by atoms with Crippen LogP contribution in [0.5, 0.6) is 17.2 Å². The average Bonchev–Trinajstić information content (AvgIpc) is 3.28. The van der Waals surface area contributed by atoms with Crippen LogP contribution in [-0.2, 0) is 17.6 Å². The molecule has 176 valence electrons. The number of aryl methyl sites for hydroxylation is 1. The number of halogens is 2.